The first-order valence-corrected chi connectivity index (χ1v) is 6.15. The zero-order valence-corrected chi connectivity index (χ0v) is 10.1. The number of hydrogen-bond donors (Lipinski definition) is 1. The summed E-state index contributed by atoms with van der Waals surface area (Å²) < 4.78 is 0. The SMILES string of the molecule is CCN(Cc1cncs1)c1ccc(N)cc1. The topological polar surface area (TPSA) is 42.2 Å². The van der Waals surface area contributed by atoms with Gasteiger partial charge in [0.15, 0.2) is 0 Å². The molecule has 1 heterocycles. The molecule has 3 nitrogen and oxygen atoms in total. The van der Waals surface area contributed by atoms with E-state index in [1.165, 1.54) is 10.6 Å². The van der Waals surface area contributed by atoms with E-state index in [-0.39, 0.29) is 0 Å². The number of nitrogen functional groups attached to an aromatic ring is 1. The van der Waals surface area contributed by atoms with Crippen molar-refractivity contribution in [3.8, 4) is 0 Å². The van der Waals surface area contributed by atoms with Crippen molar-refractivity contribution in [2.75, 3.05) is 17.2 Å². The fourth-order valence-electron chi connectivity index (χ4n) is 1.58. The van der Waals surface area contributed by atoms with E-state index < -0.39 is 0 Å². The molecule has 16 heavy (non-hydrogen) atoms. The molecule has 0 radical (unpaired) electrons. The van der Waals surface area contributed by atoms with Gasteiger partial charge in [-0.2, -0.15) is 0 Å². The van der Waals surface area contributed by atoms with Crippen molar-refractivity contribution in [3.05, 3.63) is 40.8 Å². The van der Waals surface area contributed by atoms with Crippen LogP contribution in [-0.4, -0.2) is 11.5 Å². The second-order valence-electron chi connectivity index (χ2n) is 3.57. The summed E-state index contributed by atoms with van der Waals surface area (Å²) in [5, 5.41) is 0. The lowest BCUT2D eigenvalue weighted by Crippen LogP contribution is -2.21. The minimum atomic E-state index is 0.803. The molecule has 0 fully saturated rings. The van der Waals surface area contributed by atoms with Crippen molar-refractivity contribution in [1.82, 2.24) is 4.98 Å². The Kier molecular flexibility index (Phi) is 3.41. The van der Waals surface area contributed by atoms with Crippen molar-refractivity contribution < 1.29 is 0 Å². The normalized spacial score (nSPS) is 10.3. The summed E-state index contributed by atoms with van der Waals surface area (Å²) in [5.74, 6) is 0. The third-order valence-electron chi connectivity index (χ3n) is 2.47. The van der Waals surface area contributed by atoms with Crippen molar-refractivity contribution >= 4 is 22.7 Å². The summed E-state index contributed by atoms with van der Waals surface area (Å²) in [4.78, 5) is 7.66. The average molecular weight is 233 g/mol. The molecule has 0 aliphatic rings. The van der Waals surface area contributed by atoms with Crippen LogP contribution in [0.3, 0.4) is 0 Å². The van der Waals surface area contributed by atoms with E-state index in [2.05, 4.69) is 28.9 Å². The number of thiazole rings is 1. The van der Waals surface area contributed by atoms with Gasteiger partial charge in [-0.05, 0) is 31.2 Å². The van der Waals surface area contributed by atoms with Gasteiger partial charge in [-0.3, -0.25) is 4.98 Å². The highest BCUT2D eigenvalue weighted by atomic mass is 32.1. The Labute approximate surface area is 99.5 Å². The summed E-state index contributed by atoms with van der Waals surface area (Å²) in [6.45, 7) is 4.03. The highest BCUT2D eigenvalue weighted by Gasteiger charge is 2.05. The minimum Gasteiger partial charge on any atom is -0.399 e. The number of anilines is 2. The molecule has 2 N–H and O–H groups in total. The summed E-state index contributed by atoms with van der Waals surface area (Å²) in [5.41, 5.74) is 9.55. The van der Waals surface area contributed by atoms with Crippen LogP contribution in [0.2, 0.25) is 0 Å². The first-order chi connectivity index (χ1) is 7.79. The molecular weight excluding hydrogens is 218 g/mol. The molecule has 0 atom stereocenters. The van der Waals surface area contributed by atoms with Gasteiger partial charge in [0.05, 0.1) is 12.1 Å². The molecule has 1 aromatic carbocycles. The molecule has 4 heteroatoms. The Morgan fingerprint density at radius 1 is 1.31 bits per heavy atom. The standard InChI is InChI=1S/C12H15N3S/c1-2-15(8-12-7-14-9-16-12)11-5-3-10(13)4-6-11/h3-7,9H,2,8,13H2,1H3. The molecular formula is C12H15N3S. The lowest BCUT2D eigenvalue weighted by atomic mass is 10.2. The Morgan fingerprint density at radius 3 is 2.62 bits per heavy atom. The number of nitrogens with two attached hydrogens (primary N) is 1. The highest BCUT2D eigenvalue weighted by Crippen LogP contribution is 2.19. The number of nitrogens with zero attached hydrogens (tertiary/aromatic N) is 2. The highest BCUT2D eigenvalue weighted by molar-refractivity contribution is 7.09. The molecule has 0 saturated heterocycles. The Morgan fingerprint density at radius 2 is 2.06 bits per heavy atom. The molecule has 0 amide bonds. The average Bonchev–Trinajstić information content (AvgIpc) is 2.80. The van der Waals surface area contributed by atoms with Crippen LogP contribution in [-0.2, 0) is 6.54 Å². The van der Waals surface area contributed by atoms with Crippen LogP contribution in [0, 0.1) is 0 Å². The van der Waals surface area contributed by atoms with E-state index in [0.717, 1.165) is 18.8 Å². The largest absolute Gasteiger partial charge is 0.399 e. The van der Waals surface area contributed by atoms with Crippen molar-refractivity contribution in [2.24, 2.45) is 0 Å². The van der Waals surface area contributed by atoms with Gasteiger partial charge >= 0.3 is 0 Å². The lowest BCUT2D eigenvalue weighted by molar-refractivity contribution is 0.841. The second-order valence-corrected chi connectivity index (χ2v) is 4.54. The fraction of sp³-hybridized carbons (Fsp3) is 0.250. The maximum Gasteiger partial charge on any atom is 0.0794 e. The maximum atomic E-state index is 5.68. The van der Waals surface area contributed by atoms with Gasteiger partial charge in [-0.25, -0.2) is 0 Å². The van der Waals surface area contributed by atoms with Crippen molar-refractivity contribution in [3.63, 3.8) is 0 Å². The first kappa shape index (κ1) is 11.0. The summed E-state index contributed by atoms with van der Waals surface area (Å²) in [6, 6.07) is 7.98. The summed E-state index contributed by atoms with van der Waals surface area (Å²) >= 11 is 1.69. The molecule has 2 rings (SSSR count). The fourth-order valence-corrected chi connectivity index (χ4v) is 2.19. The Balaban J connectivity index is 2.13. The van der Waals surface area contributed by atoms with E-state index in [0.29, 0.717) is 0 Å². The number of hydrogen-bond acceptors (Lipinski definition) is 4. The summed E-state index contributed by atoms with van der Waals surface area (Å²) in [6.07, 6.45) is 1.92. The second kappa shape index (κ2) is 4.99. The molecule has 0 aliphatic carbocycles. The monoisotopic (exact) mass is 233 g/mol. The molecule has 0 bridgehead atoms. The van der Waals surface area contributed by atoms with E-state index in [4.69, 9.17) is 5.73 Å². The van der Waals surface area contributed by atoms with Crippen LogP contribution < -0.4 is 10.6 Å². The van der Waals surface area contributed by atoms with Gasteiger partial charge < -0.3 is 10.6 Å². The van der Waals surface area contributed by atoms with E-state index in [1.807, 2.05) is 23.8 Å². The predicted octanol–water partition coefficient (Wildman–Crippen LogP) is 2.75. The van der Waals surface area contributed by atoms with E-state index >= 15 is 0 Å². The molecule has 84 valence electrons. The van der Waals surface area contributed by atoms with Crippen LogP contribution >= 0.6 is 11.3 Å². The first-order valence-electron chi connectivity index (χ1n) is 5.27. The molecule has 1 aromatic heterocycles. The number of benzene rings is 1. The zero-order chi connectivity index (χ0) is 11.4. The maximum absolute atomic E-state index is 5.68. The van der Waals surface area contributed by atoms with Gasteiger partial charge in [0, 0.05) is 29.0 Å². The minimum absolute atomic E-state index is 0.803. The van der Waals surface area contributed by atoms with Gasteiger partial charge in [0.1, 0.15) is 0 Å². The third kappa shape index (κ3) is 2.52. The smallest absolute Gasteiger partial charge is 0.0794 e. The van der Waals surface area contributed by atoms with Crippen molar-refractivity contribution in [2.45, 2.75) is 13.5 Å². The zero-order valence-electron chi connectivity index (χ0n) is 9.26. The van der Waals surface area contributed by atoms with Crippen LogP contribution in [0.25, 0.3) is 0 Å². The van der Waals surface area contributed by atoms with Crippen LogP contribution in [0.4, 0.5) is 11.4 Å². The van der Waals surface area contributed by atoms with Gasteiger partial charge in [0.25, 0.3) is 0 Å². The number of rotatable bonds is 4. The third-order valence-corrected chi connectivity index (χ3v) is 3.23. The van der Waals surface area contributed by atoms with Crippen LogP contribution in [0.1, 0.15) is 11.8 Å². The number of aromatic nitrogens is 1. The Hall–Kier alpha value is -1.55. The van der Waals surface area contributed by atoms with Crippen molar-refractivity contribution in [1.29, 1.82) is 0 Å². The van der Waals surface area contributed by atoms with E-state index in [9.17, 15) is 0 Å². The molecule has 0 saturated carbocycles. The molecule has 0 spiro atoms. The molecule has 2 aromatic rings. The quantitative estimate of drug-likeness (QED) is 0.826. The van der Waals surface area contributed by atoms with Gasteiger partial charge in [0.2, 0.25) is 0 Å². The van der Waals surface area contributed by atoms with Crippen LogP contribution in [0.15, 0.2) is 36.0 Å². The predicted molar refractivity (Wildman–Crippen MR) is 69.7 cm³/mol. The van der Waals surface area contributed by atoms with Crippen LogP contribution in [0.5, 0.6) is 0 Å². The lowest BCUT2D eigenvalue weighted by Gasteiger charge is -2.22. The Bertz CT molecular complexity index is 422. The van der Waals surface area contributed by atoms with E-state index in [1.54, 1.807) is 11.3 Å². The summed E-state index contributed by atoms with van der Waals surface area (Å²) in [7, 11) is 0. The van der Waals surface area contributed by atoms with Gasteiger partial charge in [-0.15, -0.1) is 11.3 Å². The molecule has 0 aliphatic heterocycles. The van der Waals surface area contributed by atoms with Gasteiger partial charge in [-0.1, -0.05) is 0 Å². The molecule has 0 unspecified atom stereocenters.